The first-order valence-corrected chi connectivity index (χ1v) is 8.84. The minimum absolute atomic E-state index is 0.0666. The van der Waals surface area contributed by atoms with E-state index in [0.29, 0.717) is 19.5 Å². The molecule has 1 fully saturated rings. The molecule has 1 aliphatic heterocycles. The molecular formula is C21H21N3O2. The van der Waals surface area contributed by atoms with Crippen molar-refractivity contribution in [1.29, 1.82) is 0 Å². The van der Waals surface area contributed by atoms with E-state index in [-0.39, 0.29) is 17.6 Å². The predicted octanol–water partition coefficient (Wildman–Crippen LogP) is 2.83. The van der Waals surface area contributed by atoms with Crippen LogP contribution in [0.1, 0.15) is 34.9 Å². The summed E-state index contributed by atoms with van der Waals surface area (Å²) in [6.45, 7) is 1.28. The SMILES string of the molecule is O=C1NCCC1c1c(Cc2ccccc2)ncn1Cc1cccc(O)c1. The molecule has 5 nitrogen and oxygen atoms in total. The lowest BCUT2D eigenvalue weighted by atomic mass is 9.98. The molecule has 0 saturated carbocycles. The van der Waals surface area contributed by atoms with Crippen LogP contribution in [0.15, 0.2) is 60.9 Å². The first-order chi connectivity index (χ1) is 12.7. The van der Waals surface area contributed by atoms with Crippen molar-refractivity contribution >= 4 is 5.91 Å². The summed E-state index contributed by atoms with van der Waals surface area (Å²) in [4.78, 5) is 17.0. The van der Waals surface area contributed by atoms with Crippen molar-refractivity contribution < 1.29 is 9.90 Å². The topological polar surface area (TPSA) is 67.2 Å². The van der Waals surface area contributed by atoms with Gasteiger partial charge in [0.25, 0.3) is 0 Å². The third-order valence-electron chi connectivity index (χ3n) is 4.81. The van der Waals surface area contributed by atoms with E-state index in [1.165, 1.54) is 5.56 Å². The molecule has 0 radical (unpaired) electrons. The van der Waals surface area contributed by atoms with Gasteiger partial charge < -0.3 is 15.0 Å². The highest BCUT2D eigenvalue weighted by Crippen LogP contribution is 2.29. The monoisotopic (exact) mass is 347 g/mol. The maximum atomic E-state index is 12.3. The van der Waals surface area contributed by atoms with Crippen molar-refractivity contribution in [2.75, 3.05) is 6.54 Å². The highest BCUT2D eigenvalue weighted by atomic mass is 16.3. The van der Waals surface area contributed by atoms with E-state index in [4.69, 9.17) is 0 Å². The van der Waals surface area contributed by atoms with Crippen LogP contribution in [0.5, 0.6) is 5.75 Å². The first kappa shape index (κ1) is 16.4. The van der Waals surface area contributed by atoms with Gasteiger partial charge in [-0.2, -0.15) is 0 Å². The van der Waals surface area contributed by atoms with Crippen LogP contribution in [0, 0.1) is 0 Å². The van der Waals surface area contributed by atoms with Gasteiger partial charge >= 0.3 is 0 Å². The van der Waals surface area contributed by atoms with E-state index < -0.39 is 0 Å². The second kappa shape index (κ2) is 7.04. The smallest absolute Gasteiger partial charge is 0.229 e. The number of amides is 1. The summed E-state index contributed by atoms with van der Waals surface area (Å²) < 4.78 is 2.04. The van der Waals surface area contributed by atoms with Gasteiger partial charge in [-0.15, -0.1) is 0 Å². The fourth-order valence-electron chi connectivity index (χ4n) is 3.59. The Labute approximate surface area is 152 Å². The number of aromatic hydroxyl groups is 1. The van der Waals surface area contributed by atoms with Crippen LogP contribution in [0.25, 0.3) is 0 Å². The lowest BCUT2D eigenvalue weighted by Crippen LogP contribution is -2.21. The van der Waals surface area contributed by atoms with Gasteiger partial charge in [-0.05, 0) is 29.7 Å². The fourth-order valence-corrected chi connectivity index (χ4v) is 3.59. The summed E-state index contributed by atoms with van der Waals surface area (Å²) >= 11 is 0. The highest BCUT2D eigenvalue weighted by Gasteiger charge is 2.31. The number of carbonyl (C=O) groups excluding carboxylic acids is 1. The summed E-state index contributed by atoms with van der Waals surface area (Å²) in [5.74, 6) is 0.137. The number of imidazole rings is 1. The van der Waals surface area contributed by atoms with Crippen molar-refractivity contribution in [3.63, 3.8) is 0 Å². The zero-order valence-electron chi connectivity index (χ0n) is 14.4. The van der Waals surface area contributed by atoms with Gasteiger partial charge in [0.05, 0.1) is 23.6 Å². The number of carbonyl (C=O) groups is 1. The van der Waals surface area contributed by atoms with E-state index in [2.05, 4.69) is 22.4 Å². The summed E-state index contributed by atoms with van der Waals surface area (Å²) in [5.41, 5.74) is 4.08. The average molecular weight is 347 g/mol. The van der Waals surface area contributed by atoms with Gasteiger partial charge in [0.15, 0.2) is 0 Å². The molecule has 0 aliphatic carbocycles. The van der Waals surface area contributed by atoms with Crippen molar-refractivity contribution in [2.45, 2.75) is 25.3 Å². The number of aromatic nitrogens is 2. The molecular weight excluding hydrogens is 326 g/mol. The Morgan fingerprint density at radius 1 is 1.12 bits per heavy atom. The van der Waals surface area contributed by atoms with Crippen LogP contribution in [-0.2, 0) is 17.8 Å². The molecule has 1 aromatic heterocycles. The molecule has 2 heterocycles. The van der Waals surface area contributed by atoms with Gasteiger partial charge in [0, 0.05) is 19.5 Å². The molecule has 3 aromatic rings. The van der Waals surface area contributed by atoms with Gasteiger partial charge in [-0.25, -0.2) is 4.98 Å². The molecule has 1 unspecified atom stereocenters. The quantitative estimate of drug-likeness (QED) is 0.746. The number of phenols is 1. The summed E-state index contributed by atoms with van der Waals surface area (Å²) in [6.07, 6.45) is 3.29. The van der Waals surface area contributed by atoms with E-state index in [0.717, 1.165) is 23.4 Å². The standard InChI is InChI=1S/C21H21N3O2/c25-17-8-4-7-16(11-17)13-24-14-23-19(12-15-5-2-1-3-6-15)20(24)18-9-10-22-21(18)26/h1-8,11,14,18,25H,9-10,12-13H2,(H,22,26). The Kier molecular flexibility index (Phi) is 4.44. The molecule has 1 saturated heterocycles. The molecule has 0 bridgehead atoms. The van der Waals surface area contributed by atoms with Gasteiger partial charge in [0.2, 0.25) is 5.91 Å². The third-order valence-corrected chi connectivity index (χ3v) is 4.81. The van der Waals surface area contributed by atoms with Gasteiger partial charge in [-0.3, -0.25) is 4.79 Å². The minimum Gasteiger partial charge on any atom is -0.508 e. The maximum absolute atomic E-state index is 12.3. The van der Waals surface area contributed by atoms with Crippen LogP contribution < -0.4 is 5.32 Å². The summed E-state index contributed by atoms with van der Waals surface area (Å²) in [6, 6.07) is 17.4. The molecule has 2 N–H and O–H groups in total. The largest absolute Gasteiger partial charge is 0.508 e. The van der Waals surface area contributed by atoms with Crippen molar-refractivity contribution in [2.24, 2.45) is 0 Å². The fraction of sp³-hybridized carbons (Fsp3) is 0.238. The molecule has 5 heteroatoms. The van der Waals surface area contributed by atoms with Crippen LogP contribution in [0.4, 0.5) is 0 Å². The van der Waals surface area contributed by atoms with Gasteiger partial charge in [0.1, 0.15) is 5.75 Å². The van der Waals surface area contributed by atoms with E-state index >= 15 is 0 Å². The highest BCUT2D eigenvalue weighted by molar-refractivity contribution is 5.85. The zero-order valence-corrected chi connectivity index (χ0v) is 14.4. The number of nitrogens with one attached hydrogen (secondary N) is 1. The van der Waals surface area contributed by atoms with Crippen molar-refractivity contribution in [1.82, 2.24) is 14.9 Å². The Balaban J connectivity index is 1.70. The molecule has 1 aliphatic rings. The van der Waals surface area contributed by atoms with Crippen molar-refractivity contribution in [3.05, 3.63) is 83.4 Å². The summed E-state index contributed by atoms with van der Waals surface area (Å²) in [7, 11) is 0. The lowest BCUT2D eigenvalue weighted by Gasteiger charge is -2.15. The molecule has 26 heavy (non-hydrogen) atoms. The number of hydrogen-bond donors (Lipinski definition) is 2. The van der Waals surface area contributed by atoms with Crippen LogP contribution in [0.3, 0.4) is 0 Å². The van der Waals surface area contributed by atoms with Crippen LogP contribution >= 0.6 is 0 Å². The predicted molar refractivity (Wildman–Crippen MR) is 99.1 cm³/mol. The molecule has 4 rings (SSSR count). The van der Waals surface area contributed by atoms with Crippen molar-refractivity contribution in [3.8, 4) is 5.75 Å². The van der Waals surface area contributed by atoms with Gasteiger partial charge in [-0.1, -0.05) is 42.5 Å². The third kappa shape index (κ3) is 3.33. The normalized spacial score (nSPS) is 16.6. The average Bonchev–Trinajstić information content (AvgIpc) is 3.22. The Morgan fingerprint density at radius 2 is 1.92 bits per heavy atom. The van der Waals surface area contributed by atoms with E-state index in [1.807, 2.05) is 41.2 Å². The second-order valence-corrected chi connectivity index (χ2v) is 6.67. The second-order valence-electron chi connectivity index (χ2n) is 6.67. The number of rotatable bonds is 5. The Bertz CT molecular complexity index is 918. The number of nitrogens with zero attached hydrogens (tertiary/aromatic N) is 2. The summed E-state index contributed by atoms with van der Waals surface area (Å²) in [5, 5.41) is 12.7. The van der Waals surface area contributed by atoms with E-state index in [1.54, 1.807) is 12.1 Å². The van der Waals surface area contributed by atoms with Crippen LogP contribution in [-0.4, -0.2) is 27.1 Å². The van der Waals surface area contributed by atoms with E-state index in [9.17, 15) is 9.90 Å². The molecule has 1 atom stereocenters. The Hall–Kier alpha value is -3.08. The lowest BCUT2D eigenvalue weighted by molar-refractivity contribution is -0.120. The zero-order chi connectivity index (χ0) is 17.9. The molecule has 2 aromatic carbocycles. The Morgan fingerprint density at radius 3 is 2.65 bits per heavy atom. The van der Waals surface area contributed by atoms with Crippen LogP contribution in [0.2, 0.25) is 0 Å². The number of phenolic OH excluding ortho intramolecular Hbond substituents is 1. The molecule has 132 valence electrons. The first-order valence-electron chi connectivity index (χ1n) is 8.84. The maximum Gasteiger partial charge on any atom is 0.229 e. The molecule has 0 spiro atoms. The number of benzene rings is 2. The molecule has 1 amide bonds. The number of hydrogen-bond acceptors (Lipinski definition) is 3. The minimum atomic E-state index is -0.173.